The molecule has 2 heterocycles. The second-order valence-corrected chi connectivity index (χ2v) is 7.03. The average Bonchev–Trinajstić information content (AvgIpc) is 2.74. The van der Waals surface area contributed by atoms with E-state index in [1.807, 2.05) is 42.2 Å². The molecule has 1 amide bonds. The van der Waals surface area contributed by atoms with Gasteiger partial charge in [-0.3, -0.25) is 14.6 Å². The third-order valence-electron chi connectivity index (χ3n) is 4.97. The van der Waals surface area contributed by atoms with Crippen LogP contribution < -0.4 is 15.2 Å². The van der Waals surface area contributed by atoms with Crippen LogP contribution in [0.2, 0.25) is 0 Å². The van der Waals surface area contributed by atoms with E-state index in [1.54, 1.807) is 11.9 Å². The Bertz CT molecular complexity index is 863. The molecule has 1 aliphatic heterocycles. The summed E-state index contributed by atoms with van der Waals surface area (Å²) in [4.78, 5) is 35.9. The van der Waals surface area contributed by atoms with E-state index in [0.29, 0.717) is 63.1 Å². The Labute approximate surface area is 170 Å². The van der Waals surface area contributed by atoms with Crippen molar-refractivity contribution in [1.82, 2.24) is 14.9 Å². The molecule has 2 aromatic rings. The maximum Gasteiger partial charge on any atom is 0.255 e. The lowest BCUT2D eigenvalue weighted by Gasteiger charge is -2.27. The number of carbonyl (C=O) groups excluding carboxylic acids is 1. The first-order chi connectivity index (χ1) is 14.0. The van der Waals surface area contributed by atoms with Gasteiger partial charge < -0.3 is 19.3 Å². The number of nitrogens with zero attached hydrogens (tertiary/aromatic N) is 3. The fourth-order valence-electron chi connectivity index (χ4n) is 3.18. The number of carbonyl (C=O) groups is 1. The van der Waals surface area contributed by atoms with Crippen LogP contribution in [0, 0.1) is 6.92 Å². The van der Waals surface area contributed by atoms with Crippen LogP contribution in [0.15, 0.2) is 35.1 Å². The number of H-pyrrole nitrogens is 1. The molecule has 0 bridgehead atoms. The van der Waals surface area contributed by atoms with E-state index in [-0.39, 0.29) is 17.9 Å². The Morgan fingerprint density at radius 1 is 1.28 bits per heavy atom. The first-order valence-electron chi connectivity index (χ1n) is 9.89. The van der Waals surface area contributed by atoms with Crippen molar-refractivity contribution in [1.29, 1.82) is 0 Å². The summed E-state index contributed by atoms with van der Waals surface area (Å²) in [5.41, 5.74) is 1.05. The van der Waals surface area contributed by atoms with E-state index in [2.05, 4.69) is 9.97 Å². The SMILES string of the molecule is Cc1nc(N2CCOCC2)[nH]c(=O)c1CCC(=O)N(C)CCOc1ccccc1. The van der Waals surface area contributed by atoms with Crippen molar-refractivity contribution >= 4 is 11.9 Å². The minimum absolute atomic E-state index is 0.0299. The zero-order valence-electron chi connectivity index (χ0n) is 17.0. The summed E-state index contributed by atoms with van der Waals surface area (Å²) in [5, 5.41) is 0. The molecular weight excluding hydrogens is 372 g/mol. The third-order valence-corrected chi connectivity index (χ3v) is 4.97. The van der Waals surface area contributed by atoms with Gasteiger partial charge in [0.1, 0.15) is 12.4 Å². The lowest BCUT2D eigenvalue weighted by atomic mass is 10.1. The first-order valence-corrected chi connectivity index (χ1v) is 9.89. The van der Waals surface area contributed by atoms with Crippen LogP contribution in [0.5, 0.6) is 5.75 Å². The zero-order chi connectivity index (χ0) is 20.6. The summed E-state index contributed by atoms with van der Waals surface area (Å²) in [6.45, 7) is 5.38. The molecule has 1 aliphatic rings. The maximum absolute atomic E-state index is 12.5. The van der Waals surface area contributed by atoms with Gasteiger partial charge >= 0.3 is 0 Å². The summed E-state index contributed by atoms with van der Waals surface area (Å²) >= 11 is 0. The predicted octanol–water partition coefficient (Wildman–Crippen LogP) is 1.38. The van der Waals surface area contributed by atoms with Crippen LogP contribution in [0.25, 0.3) is 0 Å². The van der Waals surface area contributed by atoms with Gasteiger partial charge in [0.15, 0.2) is 0 Å². The van der Waals surface area contributed by atoms with Gasteiger partial charge in [0, 0.05) is 37.8 Å². The molecule has 156 valence electrons. The summed E-state index contributed by atoms with van der Waals surface area (Å²) < 4.78 is 11.0. The monoisotopic (exact) mass is 400 g/mol. The van der Waals surface area contributed by atoms with Crippen molar-refractivity contribution in [3.8, 4) is 5.75 Å². The van der Waals surface area contributed by atoms with E-state index >= 15 is 0 Å². The number of benzene rings is 1. The fraction of sp³-hybridized carbons (Fsp3) is 0.476. The summed E-state index contributed by atoms with van der Waals surface area (Å²) in [6.07, 6.45) is 0.616. The van der Waals surface area contributed by atoms with E-state index < -0.39 is 0 Å². The van der Waals surface area contributed by atoms with Crippen LogP contribution in [0.3, 0.4) is 0 Å². The lowest BCUT2D eigenvalue weighted by Crippen LogP contribution is -2.38. The normalized spacial score (nSPS) is 13.9. The molecule has 0 saturated carbocycles. The van der Waals surface area contributed by atoms with Crippen LogP contribution >= 0.6 is 0 Å². The molecule has 0 aliphatic carbocycles. The van der Waals surface area contributed by atoms with Gasteiger partial charge in [0.25, 0.3) is 5.56 Å². The summed E-state index contributed by atoms with van der Waals surface area (Å²) in [6, 6.07) is 9.49. The van der Waals surface area contributed by atoms with Gasteiger partial charge in [-0.05, 0) is 25.5 Å². The number of ether oxygens (including phenoxy) is 2. The molecule has 1 aromatic heterocycles. The molecule has 0 unspecified atom stereocenters. The number of hydrogen-bond donors (Lipinski definition) is 1. The Balaban J connectivity index is 1.50. The molecule has 1 N–H and O–H groups in total. The highest BCUT2D eigenvalue weighted by Crippen LogP contribution is 2.12. The topological polar surface area (TPSA) is 87.8 Å². The highest BCUT2D eigenvalue weighted by atomic mass is 16.5. The van der Waals surface area contributed by atoms with Crippen LogP contribution in [-0.4, -0.2) is 67.3 Å². The van der Waals surface area contributed by atoms with Gasteiger partial charge in [-0.1, -0.05) is 18.2 Å². The Morgan fingerprint density at radius 3 is 2.69 bits per heavy atom. The number of aromatic nitrogens is 2. The molecular formula is C21H28N4O4. The van der Waals surface area contributed by atoms with Crippen LogP contribution in [0.1, 0.15) is 17.7 Å². The van der Waals surface area contributed by atoms with Crippen molar-refractivity contribution in [2.45, 2.75) is 19.8 Å². The van der Waals surface area contributed by atoms with Gasteiger partial charge in [0.05, 0.1) is 19.8 Å². The number of morpholine rings is 1. The van der Waals surface area contributed by atoms with E-state index in [1.165, 1.54) is 0 Å². The maximum atomic E-state index is 12.5. The number of aromatic amines is 1. The Kier molecular flexibility index (Phi) is 7.24. The standard InChI is InChI=1S/C21H28N4O4/c1-16-18(20(27)23-21(22-16)25-11-13-28-14-12-25)8-9-19(26)24(2)10-15-29-17-6-4-3-5-7-17/h3-7H,8-15H2,1-2H3,(H,22,23,27). The zero-order valence-corrected chi connectivity index (χ0v) is 17.0. The Hall–Kier alpha value is -2.87. The van der Waals surface area contributed by atoms with Crippen molar-refractivity contribution in [3.05, 3.63) is 51.9 Å². The fourth-order valence-corrected chi connectivity index (χ4v) is 3.18. The first kappa shape index (κ1) is 20.9. The van der Waals surface area contributed by atoms with Crippen molar-refractivity contribution in [2.24, 2.45) is 0 Å². The number of nitrogens with one attached hydrogen (secondary N) is 1. The van der Waals surface area contributed by atoms with Crippen molar-refractivity contribution in [2.75, 3.05) is 51.4 Å². The van der Waals surface area contributed by atoms with Crippen molar-refractivity contribution in [3.63, 3.8) is 0 Å². The second-order valence-electron chi connectivity index (χ2n) is 7.03. The molecule has 3 rings (SSSR count). The van der Waals surface area contributed by atoms with Gasteiger partial charge in [-0.2, -0.15) is 0 Å². The van der Waals surface area contributed by atoms with Gasteiger partial charge in [0.2, 0.25) is 11.9 Å². The van der Waals surface area contributed by atoms with Gasteiger partial charge in [-0.25, -0.2) is 4.98 Å². The summed E-state index contributed by atoms with van der Waals surface area (Å²) in [5.74, 6) is 1.32. The predicted molar refractivity (Wildman–Crippen MR) is 111 cm³/mol. The number of rotatable bonds is 8. The largest absolute Gasteiger partial charge is 0.492 e. The van der Waals surface area contributed by atoms with E-state index in [4.69, 9.17) is 9.47 Å². The number of hydrogen-bond acceptors (Lipinski definition) is 6. The number of anilines is 1. The molecule has 1 fully saturated rings. The van der Waals surface area contributed by atoms with E-state index in [0.717, 1.165) is 5.75 Å². The third kappa shape index (κ3) is 5.80. The minimum Gasteiger partial charge on any atom is -0.492 e. The lowest BCUT2D eigenvalue weighted by molar-refractivity contribution is -0.130. The van der Waals surface area contributed by atoms with Crippen molar-refractivity contribution < 1.29 is 14.3 Å². The Morgan fingerprint density at radius 2 is 2.00 bits per heavy atom. The quantitative estimate of drug-likeness (QED) is 0.720. The van der Waals surface area contributed by atoms with Crippen LogP contribution in [-0.2, 0) is 16.0 Å². The number of aryl methyl sites for hydroxylation is 1. The molecule has 1 aromatic carbocycles. The smallest absolute Gasteiger partial charge is 0.255 e. The second kappa shape index (κ2) is 10.1. The highest BCUT2D eigenvalue weighted by molar-refractivity contribution is 5.76. The number of amides is 1. The number of para-hydroxylation sites is 1. The molecule has 0 spiro atoms. The summed E-state index contributed by atoms with van der Waals surface area (Å²) in [7, 11) is 1.74. The van der Waals surface area contributed by atoms with Crippen LogP contribution in [0.4, 0.5) is 5.95 Å². The molecule has 0 radical (unpaired) electrons. The molecule has 8 nitrogen and oxygen atoms in total. The number of likely N-dealkylation sites (N-methyl/N-ethyl adjacent to an activating group) is 1. The van der Waals surface area contributed by atoms with E-state index in [9.17, 15) is 9.59 Å². The minimum atomic E-state index is -0.179. The molecule has 1 saturated heterocycles. The highest BCUT2D eigenvalue weighted by Gasteiger charge is 2.17. The molecule has 0 atom stereocenters. The molecule has 29 heavy (non-hydrogen) atoms. The molecule has 8 heteroatoms. The van der Waals surface area contributed by atoms with Gasteiger partial charge in [-0.15, -0.1) is 0 Å². The average molecular weight is 400 g/mol.